The quantitative estimate of drug-likeness (QED) is 0.475. The minimum atomic E-state index is 0. The van der Waals surface area contributed by atoms with Crippen LogP contribution < -0.4 is 5.32 Å². The van der Waals surface area contributed by atoms with Crippen molar-refractivity contribution in [3.63, 3.8) is 0 Å². The van der Waals surface area contributed by atoms with E-state index in [1.165, 1.54) is 12.8 Å². The molecule has 1 aliphatic heterocycles. The monoisotopic (exact) mass is 406 g/mol. The number of guanidine groups is 1. The van der Waals surface area contributed by atoms with Crippen molar-refractivity contribution in [2.75, 3.05) is 19.6 Å². The number of aromatic nitrogens is 1. The first-order valence-electron chi connectivity index (χ1n) is 7.70. The Balaban J connectivity index is 0.00000220. The molecule has 120 valence electrons. The van der Waals surface area contributed by atoms with Crippen molar-refractivity contribution in [1.29, 1.82) is 0 Å². The smallest absolute Gasteiger partial charge is 0.194 e. The summed E-state index contributed by atoms with van der Waals surface area (Å²) < 4.78 is 5.29. The van der Waals surface area contributed by atoms with Crippen LogP contribution in [0.25, 0.3) is 0 Å². The maximum Gasteiger partial charge on any atom is 0.194 e. The van der Waals surface area contributed by atoms with Gasteiger partial charge in [0.25, 0.3) is 0 Å². The van der Waals surface area contributed by atoms with Gasteiger partial charge in [-0.05, 0) is 32.1 Å². The van der Waals surface area contributed by atoms with Gasteiger partial charge in [-0.25, -0.2) is 4.99 Å². The molecule has 1 atom stereocenters. The topological polar surface area (TPSA) is 53.7 Å². The van der Waals surface area contributed by atoms with E-state index in [4.69, 9.17) is 4.52 Å². The average molecular weight is 406 g/mol. The fourth-order valence-corrected chi connectivity index (χ4v) is 2.56. The van der Waals surface area contributed by atoms with Gasteiger partial charge in [0.1, 0.15) is 6.54 Å². The molecule has 2 rings (SSSR count). The van der Waals surface area contributed by atoms with Crippen LogP contribution in [0.15, 0.2) is 15.6 Å². The van der Waals surface area contributed by atoms with Gasteiger partial charge in [0.15, 0.2) is 11.7 Å². The van der Waals surface area contributed by atoms with Crippen molar-refractivity contribution >= 4 is 29.9 Å². The summed E-state index contributed by atoms with van der Waals surface area (Å²) in [7, 11) is 0. The van der Waals surface area contributed by atoms with E-state index >= 15 is 0 Å². The van der Waals surface area contributed by atoms with E-state index in [-0.39, 0.29) is 24.0 Å². The summed E-state index contributed by atoms with van der Waals surface area (Å²) in [6.45, 7) is 10.1. The molecular weight excluding hydrogens is 379 g/mol. The second-order valence-electron chi connectivity index (χ2n) is 5.50. The van der Waals surface area contributed by atoms with E-state index in [2.05, 4.69) is 41.1 Å². The molecule has 2 heterocycles. The van der Waals surface area contributed by atoms with Crippen molar-refractivity contribution < 1.29 is 4.52 Å². The molecule has 1 unspecified atom stereocenters. The highest BCUT2D eigenvalue weighted by molar-refractivity contribution is 14.0. The molecule has 0 amide bonds. The minimum Gasteiger partial charge on any atom is -0.359 e. The van der Waals surface area contributed by atoms with Gasteiger partial charge in [-0.3, -0.25) is 0 Å². The van der Waals surface area contributed by atoms with E-state index in [0.717, 1.165) is 49.4 Å². The average Bonchev–Trinajstić information content (AvgIpc) is 2.91. The minimum absolute atomic E-state index is 0. The predicted octanol–water partition coefficient (Wildman–Crippen LogP) is 3.05. The predicted molar refractivity (Wildman–Crippen MR) is 96.1 cm³/mol. The molecular formula is C15H27IN4O. The number of hydrogen-bond donors (Lipinski definition) is 1. The molecule has 0 spiro atoms. The summed E-state index contributed by atoms with van der Waals surface area (Å²) in [5.74, 6) is 2.57. The zero-order chi connectivity index (χ0) is 14.4. The van der Waals surface area contributed by atoms with E-state index in [9.17, 15) is 0 Å². The fourth-order valence-electron chi connectivity index (χ4n) is 2.56. The third-order valence-electron chi connectivity index (χ3n) is 3.65. The number of hydrogen-bond acceptors (Lipinski definition) is 3. The number of aryl methyl sites for hydroxylation is 1. The Morgan fingerprint density at radius 2 is 2.33 bits per heavy atom. The van der Waals surface area contributed by atoms with E-state index < -0.39 is 0 Å². The number of halogens is 1. The number of aliphatic imine (C=N–C) groups is 1. The molecule has 1 aliphatic rings. The summed E-state index contributed by atoms with van der Waals surface area (Å²) in [5.41, 5.74) is 0.992. The number of nitrogens with one attached hydrogen (secondary N) is 1. The zero-order valence-electron chi connectivity index (χ0n) is 13.3. The molecule has 1 aromatic heterocycles. The van der Waals surface area contributed by atoms with Gasteiger partial charge in [0, 0.05) is 25.7 Å². The Morgan fingerprint density at radius 3 is 2.95 bits per heavy atom. The summed E-state index contributed by atoms with van der Waals surface area (Å²) in [5, 5.41) is 7.38. The van der Waals surface area contributed by atoms with Crippen molar-refractivity contribution in [2.24, 2.45) is 10.9 Å². The van der Waals surface area contributed by atoms with Gasteiger partial charge in [-0.1, -0.05) is 19.0 Å². The molecule has 0 radical (unpaired) electrons. The third kappa shape index (κ3) is 5.48. The molecule has 1 N–H and O–H groups in total. The molecule has 0 saturated carbocycles. The Labute approximate surface area is 144 Å². The van der Waals surface area contributed by atoms with Gasteiger partial charge in [-0.2, -0.15) is 0 Å². The number of rotatable bonds is 4. The first-order chi connectivity index (χ1) is 9.72. The van der Waals surface area contributed by atoms with E-state index in [1.807, 2.05) is 6.07 Å². The van der Waals surface area contributed by atoms with Crippen LogP contribution in [-0.4, -0.2) is 35.7 Å². The molecule has 0 aromatic carbocycles. The second-order valence-corrected chi connectivity index (χ2v) is 5.50. The largest absolute Gasteiger partial charge is 0.359 e. The molecule has 1 saturated heterocycles. The third-order valence-corrected chi connectivity index (χ3v) is 3.65. The molecule has 1 aromatic rings. The SMILES string of the molecule is CCNC(=NCc1cc(CC)no1)N1CCCC(C)C1.I. The second kappa shape index (κ2) is 9.27. The van der Waals surface area contributed by atoms with Crippen molar-refractivity contribution in [1.82, 2.24) is 15.4 Å². The van der Waals surface area contributed by atoms with Crippen molar-refractivity contribution in [2.45, 2.75) is 46.6 Å². The van der Waals surface area contributed by atoms with Gasteiger partial charge < -0.3 is 14.7 Å². The lowest BCUT2D eigenvalue weighted by molar-refractivity contribution is 0.265. The van der Waals surface area contributed by atoms with Gasteiger partial charge >= 0.3 is 0 Å². The summed E-state index contributed by atoms with van der Waals surface area (Å²) in [6, 6.07) is 1.99. The van der Waals surface area contributed by atoms with Crippen LogP contribution in [0.1, 0.15) is 45.1 Å². The Bertz CT molecular complexity index is 447. The summed E-state index contributed by atoms with van der Waals surface area (Å²) in [6.07, 6.45) is 3.46. The van der Waals surface area contributed by atoms with Crippen molar-refractivity contribution in [3.8, 4) is 0 Å². The number of likely N-dealkylation sites (tertiary alicyclic amines) is 1. The van der Waals surface area contributed by atoms with E-state index in [1.54, 1.807) is 0 Å². The lowest BCUT2D eigenvalue weighted by atomic mass is 10.0. The lowest BCUT2D eigenvalue weighted by Crippen LogP contribution is -2.46. The molecule has 5 nitrogen and oxygen atoms in total. The highest BCUT2D eigenvalue weighted by Crippen LogP contribution is 2.15. The first-order valence-corrected chi connectivity index (χ1v) is 7.70. The Morgan fingerprint density at radius 1 is 1.52 bits per heavy atom. The summed E-state index contributed by atoms with van der Waals surface area (Å²) >= 11 is 0. The maximum atomic E-state index is 5.29. The van der Waals surface area contributed by atoms with Crippen molar-refractivity contribution in [3.05, 3.63) is 17.5 Å². The van der Waals surface area contributed by atoms with Crippen LogP contribution in [0.3, 0.4) is 0 Å². The zero-order valence-corrected chi connectivity index (χ0v) is 15.6. The van der Waals surface area contributed by atoms with Gasteiger partial charge in [-0.15, -0.1) is 24.0 Å². The first kappa shape index (κ1) is 18.3. The Hall–Kier alpha value is -0.790. The van der Waals surface area contributed by atoms with Crippen LogP contribution >= 0.6 is 24.0 Å². The van der Waals surface area contributed by atoms with Crippen LogP contribution in [0, 0.1) is 5.92 Å². The van der Waals surface area contributed by atoms with Gasteiger partial charge in [0.05, 0.1) is 5.69 Å². The number of piperidine rings is 1. The van der Waals surface area contributed by atoms with Crippen LogP contribution in [-0.2, 0) is 13.0 Å². The lowest BCUT2D eigenvalue weighted by Gasteiger charge is -2.33. The van der Waals surface area contributed by atoms with E-state index in [0.29, 0.717) is 6.54 Å². The fraction of sp³-hybridized carbons (Fsp3) is 0.733. The number of nitrogens with zero attached hydrogens (tertiary/aromatic N) is 3. The molecule has 0 bridgehead atoms. The molecule has 0 aliphatic carbocycles. The standard InChI is InChI=1S/C15H26N4O.HI/c1-4-13-9-14(20-18-13)10-17-15(16-5-2)19-8-6-7-12(3)11-19;/h9,12H,4-8,10-11H2,1-3H3,(H,16,17);1H. The van der Waals surface area contributed by atoms with Gasteiger partial charge in [0.2, 0.25) is 0 Å². The van der Waals surface area contributed by atoms with Crippen LogP contribution in [0.4, 0.5) is 0 Å². The normalized spacial score (nSPS) is 19.3. The highest BCUT2D eigenvalue weighted by Gasteiger charge is 2.19. The molecule has 21 heavy (non-hydrogen) atoms. The highest BCUT2D eigenvalue weighted by atomic mass is 127. The Kier molecular flexibility index (Phi) is 8.06. The van der Waals surface area contributed by atoms with Crippen LogP contribution in [0.2, 0.25) is 0 Å². The van der Waals surface area contributed by atoms with Crippen LogP contribution in [0.5, 0.6) is 0 Å². The molecule has 6 heteroatoms. The maximum absolute atomic E-state index is 5.29. The molecule has 1 fully saturated rings. The summed E-state index contributed by atoms with van der Waals surface area (Å²) in [4.78, 5) is 7.04.